The maximum absolute atomic E-state index is 13.0. The first kappa shape index (κ1) is 23.3. The minimum Gasteiger partial charge on any atom is -0.325 e. The molecular formula is C19H25F6N3O. The van der Waals surface area contributed by atoms with Crippen molar-refractivity contribution in [1.29, 1.82) is 0 Å². The smallest absolute Gasteiger partial charge is 0.325 e. The van der Waals surface area contributed by atoms with Gasteiger partial charge in [-0.1, -0.05) is 6.92 Å². The first-order valence-electron chi connectivity index (χ1n) is 9.31. The maximum Gasteiger partial charge on any atom is 0.416 e. The van der Waals surface area contributed by atoms with Crippen LogP contribution in [0.1, 0.15) is 36.5 Å². The number of halogens is 6. The van der Waals surface area contributed by atoms with Crippen LogP contribution in [-0.2, 0) is 18.9 Å². The molecule has 0 N–H and O–H groups in total. The van der Waals surface area contributed by atoms with Gasteiger partial charge in [0.05, 0.1) is 11.1 Å². The number of rotatable bonds is 4. The number of amides is 2. The summed E-state index contributed by atoms with van der Waals surface area (Å²) in [6.45, 7) is 3.56. The van der Waals surface area contributed by atoms with Crippen molar-refractivity contribution in [2.24, 2.45) is 0 Å². The van der Waals surface area contributed by atoms with E-state index in [1.54, 1.807) is 4.90 Å². The van der Waals surface area contributed by atoms with Crippen molar-refractivity contribution >= 4 is 6.03 Å². The van der Waals surface area contributed by atoms with Crippen molar-refractivity contribution in [3.63, 3.8) is 0 Å². The van der Waals surface area contributed by atoms with E-state index in [-0.39, 0.29) is 18.2 Å². The SMILES string of the molecule is CCN(C)C1CCN(C(=O)N(C)Cc2cc(C(F)(F)F)cc(C(F)(F)F)c2)CC1. The molecule has 0 aromatic heterocycles. The zero-order valence-corrected chi connectivity index (χ0v) is 16.6. The van der Waals surface area contributed by atoms with Crippen LogP contribution in [0.3, 0.4) is 0 Å². The van der Waals surface area contributed by atoms with Gasteiger partial charge in [0.2, 0.25) is 0 Å². The van der Waals surface area contributed by atoms with E-state index in [1.807, 2.05) is 14.0 Å². The van der Waals surface area contributed by atoms with Crippen LogP contribution >= 0.6 is 0 Å². The van der Waals surface area contributed by atoms with Crippen LogP contribution in [-0.4, -0.2) is 60.5 Å². The lowest BCUT2D eigenvalue weighted by Gasteiger charge is -2.38. The van der Waals surface area contributed by atoms with Crippen LogP contribution in [0.4, 0.5) is 31.1 Å². The van der Waals surface area contributed by atoms with E-state index >= 15 is 0 Å². The fourth-order valence-corrected chi connectivity index (χ4v) is 3.45. The van der Waals surface area contributed by atoms with Gasteiger partial charge in [0.25, 0.3) is 0 Å². The Kier molecular flexibility index (Phi) is 7.08. The molecule has 1 saturated heterocycles. The molecule has 0 saturated carbocycles. The quantitative estimate of drug-likeness (QED) is 0.655. The second-order valence-corrected chi connectivity index (χ2v) is 7.34. The van der Waals surface area contributed by atoms with Crippen LogP contribution in [0.5, 0.6) is 0 Å². The van der Waals surface area contributed by atoms with E-state index in [0.717, 1.165) is 24.3 Å². The number of carbonyl (C=O) groups excluding carboxylic acids is 1. The number of hydrogen-bond acceptors (Lipinski definition) is 2. The van der Waals surface area contributed by atoms with Crippen LogP contribution in [0, 0.1) is 0 Å². The molecule has 0 spiro atoms. The first-order valence-corrected chi connectivity index (χ1v) is 9.31. The van der Waals surface area contributed by atoms with Gasteiger partial charge in [-0.2, -0.15) is 26.3 Å². The first-order chi connectivity index (χ1) is 13.3. The van der Waals surface area contributed by atoms with Crippen LogP contribution in [0.25, 0.3) is 0 Å². The van der Waals surface area contributed by atoms with Crippen molar-refractivity contribution in [1.82, 2.24) is 14.7 Å². The molecule has 0 radical (unpaired) electrons. The summed E-state index contributed by atoms with van der Waals surface area (Å²) >= 11 is 0. The maximum atomic E-state index is 13.0. The minimum atomic E-state index is -4.91. The molecule has 0 unspecified atom stereocenters. The number of benzene rings is 1. The number of likely N-dealkylation sites (tertiary alicyclic amines) is 1. The van der Waals surface area contributed by atoms with E-state index in [0.29, 0.717) is 31.3 Å². The van der Waals surface area contributed by atoms with Gasteiger partial charge in [0.1, 0.15) is 0 Å². The standard InChI is InChI=1S/C19H25F6N3O/c1-4-26(2)16-5-7-28(8-6-16)17(29)27(3)12-13-9-14(18(20,21)22)11-15(10-13)19(23,24)25/h9-11,16H,4-8,12H2,1-3H3. The van der Waals surface area contributed by atoms with Crippen LogP contribution in [0.2, 0.25) is 0 Å². The Hall–Kier alpha value is -1.97. The summed E-state index contributed by atoms with van der Waals surface area (Å²) in [5, 5.41) is 0. The van der Waals surface area contributed by atoms with Gasteiger partial charge >= 0.3 is 18.4 Å². The summed E-state index contributed by atoms with van der Waals surface area (Å²) in [4.78, 5) is 17.5. The number of hydrogen-bond donors (Lipinski definition) is 0. The molecule has 29 heavy (non-hydrogen) atoms. The average molecular weight is 425 g/mol. The molecule has 1 aromatic carbocycles. The van der Waals surface area contributed by atoms with E-state index in [9.17, 15) is 31.1 Å². The lowest BCUT2D eigenvalue weighted by Crippen LogP contribution is -2.49. The predicted octanol–water partition coefficient (Wildman–Crippen LogP) is 4.69. The molecule has 1 fully saturated rings. The molecule has 164 valence electrons. The van der Waals surface area contributed by atoms with Gasteiger partial charge in [-0.15, -0.1) is 0 Å². The number of nitrogens with zero attached hydrogens (tertiary/aromatic N) is 3. The second-order valence-electron chi connectivity index (χ2n) is 7.34. The molecule has 2 amide bonds. The van der Waals surface area contributed by atoms with Gasteiger partial charge in [0, 0.05) is 32.7 Å². The average Bonchev–Trinajstić information content (AvgIpc) is 2.65. The zero-order valence-electron chi connectivity index (χ0n) is 16.6. The second kappa shape index (κ2) is 8.81. The molecular weight excluding hydrogens is 400 g/mol. The topological polar surface area (TPSA) is 26.8 Å². The largest absolute Gasteiger partial charge is 0.416 e. The highest BCUT2D eigenvalue weighted by Gasteiger charge is 2.37. The third-order valence-corrected chi connectivity index (χ3v) is 5.25. The van der Waals surface area contributed by atoms with Crippen molar-refractivity contribution in [2.45, 2.75) is 44.7 Å². The zero-order chi connectivity index (χ0) is 22.0. The lowest BCUT2D eigenvalue weighted by molar-refractivity contribution is -0.143. The number of urea groups is 1. The Balaban J connectivity index is 2.12. The number of alkyl halides is 6. The Labute approximate surface area is 166 Å². The molecule has 0 atom stereocenters. The van der Waals surface area contributed by atoms with Crippen LogP contribution < -0.4 is 0 Å². The van der Waals surface area contributed by atoms with Crippen molar-refractivity contribution in [3.8, 4) is 0 Å². The summed E-state index contributed by atoms with van der Waals surface area (Å²) in [5.41, 5.74) is -2.98. The summed E-state index contributed by atoms with van der Waals surface area (Å²) < 4.78 is 78.0. The van der Waals surface area contributed by atoms with E-state index < -0.39 is 29.5 Å². The highest BCUT2D eigenvalue weighted by Crippen LogP contribution is 2.36. The van der Waals surface area contributed by atoms with Gasteiger partial charge in [-0.25, -0.2) is 4.79 Å². The third-order valence-electron chi connectivity index (χ3n) is 5.25. The van der Waals surface area contributed by atoms with Gasteiger partial charge in [0.15, 0.2) is 0 Å². The third kappa shape index (κ3) is 6.01. The Morgan fingerprint density at radius 2 is 1.48 bits per heavy atom. The molecule has 4 nitrogen and oxygen atoms in total. The van der Waals surface area contributed by atoms with E-state index in [4.69, 9.17) is 0 Å². The van der Waals surface area contributed by atoms with E-state index in [2.05, 4.69) is 4.90 Å². The molecule has 0 bridgehead atoms. The number of piperidine rings is 1. The summed E-state index contributed by atoms with van der Waals surface area (Å²) in [7, 11) is 3.38. The summed E-state index contributed by atoms with van der Waals surface area (Å²) in [6.07, 6.45) is -8.28. The fourth-order valence-electron chi connectivity index (χ4n) is 3.45. The molecule has 0 aliphatic carbocycles. The van der Waals surface area contributed by atoms with Crippen molar-refractivity contribution < 1.29 is 31.1 Å². The fraction of sp³-hybridized carbons (Fsp3) is 0.632. The lowest BCUT2D eigenvalue weighted by atomic mass is 10.0. The molecule has 2 rings (SSSR count). The van der Waals surface area contributed by atoms with Gasteiger partial charge in [-0.3, -0.25) is 0 Å². The van der Waals surface area contributed by atoms with Gasteiger partial charge in [-0.05, 0) is 50.2 Å². The monoisotopic (exact) mass is 425 g/mol. The predicted molar refractivity (Wildman–Crippen MR) is 96.2 cm³/mol. The molecule has 1 aromatic rings. The highest BCUT2D eigenvalue weighted by atomic mass is 19.4. The minimum absolute atomic E-state index is 0.0837. The van der Waals surface area contributed by atoms with Crippen LogP contribution in [0.15, 0.2) is 18.2 Å². The number of carbonyl (C=O) groups is 1. The Morgan fingerprint density at radius 1 is 1.00 bits per heavy atom. The van der Waals surface area contributed by atoms with Crippen molar-refractivity contribution in [3.05, 3.63) is 34.9 Å². The molecule has 1 aliphatic rings. The molecule has 10 heteroatoms. The van der Waals surface area contributed by atoms with Gasteiger partial charge < -0.3 is 14.7 Å². The molecule has 1 aliphatic heterocycles. The highest BCUT2D eigenvalue weighted by molar-refractivity contribution is 5.74. The Morgan fingerprint density at radius 3 is 1.90 bits per heavy atom. The summed E-state index contributed by atoms with van der Waals surface area (Å²) in [6, 6.07) is 1.34. The molecule has 1 heterocycles. The summed E-state index contributed by atoms with van der Waals surface area (Å²) in [5.74, 6) is 0. The normalized spacial score (nSPS) is 16.4. The Bertz CT molecular complexity index is 679. The van der Waals surface area contributed by atoms with Crippen molar-refractivity contribution in [2.75, 3.05) is 33.7 Å². The van der Waals surface area contributed by atoms with E-state index in [1.165, 1.54) is 7.05 Å².